The van der Waals surface area contributed by atoms with Crippen LogP contribution in [0.25, 0.3) is 0 Å². The fraction of sp³-hybridized carbons (Fsp3) is 0.462. The summed E-state index contributed by atoms with van der Waals surface area (Å²) >= 11 is 0. The number of hydrogen-bond donors (Lipinski definition) is 1. The molecule has 0 aliphatic carbocycles. The van der Waals surface area contributed by atoms with Crippen molar-refractivity contribution in [2.75, 3.05) is 5.32 Å². The van der Waals surface area contributed by atoms with Crippen molar-refractivity contribution in [3.05, 3.63) is 29.3 Å². The van der Waals surface area contributed by atoms with Crippen LogP contribution in [0.5, 0.6) is 0 Å². The second-order valence-electron chi connectivity index (χ2n) is 4.03. The molecule has 0 atom stereocenters. The molecule has 0 unspecified atom stereocenters. The number of hydrogen-bond acceptors (Lipinski definition) is 2. The van der Waals surface area contributed by atoms with E-state index in [1.54, 1.807) is 6.07 Å². The molecule has 5 heteroatoms. The molecule has 0 bridgehead atoms. The summed E-state index contributed by atoms with van der Waals surface area (Å²) in [5.74, 6) is 0. The van der Waals surface area contributed by atoms with Crippen molar-refractivity contribution in [3.8, 4) is 6.07 Å². The maximum absolute atomic E-state index is 12.5. The summed E-state index contributed by atoms with van der Waals surface area (Å²) in [6.45, 7) is 3.97. The molecule has 0 heterocycles. The second-order valence-corrected chi connectivity index (χ2v) is 4.03. The minimum Gasteiger partial charge on any atom is -0.381 e. The van der Waals surface area contributed by atoms with Crippen LogP contribution in [-0.2, 0) is 6.18 Å². The topological polar surface area (TPSA) is 35.8 Å². The lowest BCUT2D eigenvalue weighted by Crippen LogP contribution is -2.18. The van der Waals surface area contributed by atoms with Crippen LogP contribution in [0.1, 0.15) is 37.8 Å². The highest BCUT2D eigenvalue weighted by Crippen LogP contribution is 2.31. The Hall–Kier alpha value is -1.70. The zero-order valence-electron chi connectivity index (χ0n) is 10.3. The monoisotopic (exact) mass is 256 g/mol. The van der Waals surface area contributed by atoms with Gasteiger partial charge < -0.3 is 5.32 Å². The van der Waals surface area contributed by atoms with Crippen LogP contribution < -0.4 is 5.32 Å². The number of halogens is 3. The fourth-order valence-corrected chi connectivity index (χ4v) is 1.65. The van der Waals surface area contributed by atoms with E-state index in [1.165, 1.54) is 6.07 Å². The first kappa shape index (κ1) is 14.4. The lowest BCUT2D eigenvalue weighted by Gasteiger charge is -2.18. The van der Waals surface area contributed by atoms with E-state index in [0.29, 0.717) is 5.69 Å². The maximum atomic E-state index is 12.5. The molecule has 0 saturated carbocycles. The van der Waals surface area contributed by atoms with Crippen LogP contribution in [0.15, 0.2) is 18.2 Å². The summed E-state index contributed by atoms with van der Waals surface area (Å²) in [7, 11) is 0. The van der Waals surface area contributed by atoms with E-state index in [1.807, 2.05) is 13.8 Å². The minimum absolute atomic E-state index is 0.0247. The van der Waals surface area contributed by atoms with E-state index >= 15 is 0 Å². The maximum Gasteiger partial charge on any atom is 0.416 e. The van der Waals surface area contributed by atoms with E-state index in [2.05, 4.69) is 5.32 Å². The van der Waals surface area contributed by atoms with E-state index < -0.39 is 11.7 Å². The molecule has 1 rings (SSSR count). The molecule has 0 spiro atoms. The van der Waals surface area contributed by atoms with Gasteiger partial charge in [0.25, 0.3) is 0 Å². The highest BCUT2D eigenvalue weighted by atomic mass is 19.4. The Morgan fingerprint density at radius 3 is 2.33 bits per heavy atom. The van der Waals surface area contributed by atoms with Crippen LogP contribution in [0.2, 0.25) is 0 Å². The Morgan fingerprint density at radius 2 is 1.89 bits per heavy atom. The Bertz CT molecular complexity index is 443. The Labute approximate surface area is 104 Å². The molecule has 0 aliphatic rings. The number of nitrogens with one attached hydrogen (secondary N) is 1. The lowest BCUT2D eigenvalue weighted by molar-refractivity contribution is -0.137. The zero-order valence-corrected chi connectivity index (χ0v) is 10.3. The lowest BCUT2D eigenvalue weighted by atomic mass is 10.1. The fourth-order valence-electron chi connectivity index (χ4n) is 1.65. The summed E-state index contributed by atoms with van der Waals surface area (Å²) in [5.41, 5.74) is -0.315. The van der Waals surface area contributed by atoms with Gasteiger partial charge in [-0.1, -0.05) is 13.8 Å². The van der Waals surface area contributed by atoms with Gasteiger partial charge >= 0.3 is 6.18 Å². The molecule has 18 heavy (non-hydrogen) atoms. The van der Waals surface area contributed by atoms with E-state index in [9.17, 15) is 13.2 Å². The standard InChI is InChI=1S/C13H15F3N2/c1-3-11(4-2)18-12-6-5-10(13(14,15)16)7-9(12)8-17/h5-7,11,18H,3-4H2,1-2H3. The Morgan fingerprint density at radius 1 is 1.28 bits per heavy atom. The molecule has 1 aromatic carbocycles. The zero-order chi connectivity index (χ0) is 13.8. The van der Waals surface area contributed by atoms with Crippen molar-refractivity contribution in [1.82, 2.24) is 0 Å². The molecule has 0 fully saturated rings. The normalized spacial score (nSPS) is 11.4. The number of rotatable bonds is 4. The average molecular weight is 256 g/mol. The third-order valence-corrected chi connectivity index (χ3v) is 2.81. The molecule has 0 aliphatic heterocycles. The van der Waals surface area contributed by atoms with Gasteiger partial charge in [-0.2, -0.15) is 18.4 Å². The third-order valence-electron chi connectivity index (χ3n) is 2.81. The van der Waals surface area contributed by atoms with Crippen molar-refractivity contribution in [1.29, 1.82) is 5.26 Å². The van der Waals surface area contributed by atoms with Gasteiger partial charge in [0.1, 0.15) is 6.07 Å². The molecule has 0 radical (unpaired) electrons. The van der Waals surface area contributed by atoms with E-state index in [-0.39, 0.29) is 11.6 Å². The van der Waals surface area contributed by atoms with E-state index in [4.69, 9.17) is 5.26 Å². The molecular formula is C13H15F3N2. The summed E-state index contributed by atoms with van der Waals surface area (Å²) in [4.78, 5) is 0. The molecule has 98 valence electrons. The Kier molecular flexibility index (Phi) is 4.60. The molecule has 1 aromatic rings. The van der Waals surface area contributed by atoms with Crippen LogP contribution in [0, 0.1) is 11.3 Å². The van der Waals surface area contributed by atoms with E-state index in [0.717, 1.165) is 25.0 Å². The third kappa shape index (κ3) is 3.39. The van der Waals surface area contributed by atoms with Crippen molar-refractivity contribution >= 4 is 5.69 Å². The van der Waals surface area contributed by atoms with Gasteiger partial charge in [-0.3, -0.25) is 0 Å². The van der Waals surface area contributed by atoms with Crippen molar-refractivity contribution in [2.45, 2.75) is 38.9 Å². The quantitative estimate of drug-likeness (QED) is 0.877. The summed E-state index contributed by atoms with van der Waals surface area (Å²) in [5, 5.41) is 12.0. The molecule has 1 N–H and O–H groups in total. The number of alkyl halides is 3. The highest BCUT2D eigenvalue weighted by molar-refractivity contribution is 5.59. The van der Waals surface area contributed by atoms with Gasteiger partial charge in [-0.25, -0.2) is 0 Å². The number of nitriles is 1. The van der Waals surface area contributed by atoms with Crippen molar-refractivity contribution < 1.29 is 13.2 Å². The minimum atomic E-state index is -4.42. The predicted octanol–water partition coefficient (Wildman–Crippen LogP) is 4.18. The first-order valence-corrected chi connectivity index (χ1v) is 5.80. The second kappa shape index (κ2) is 5.76. The van der Waals surface area contributed by atoms with Gasteiger partial charge in [0.15, 0.2) is 0 Å². The van der Waals surface area contributed by atoms with Crippen LogP contribution >= 0.6 is 0 Å². The van der Waals surface area contributed by atoms with Gasteiger partial charge in [0.2, 0.25) is 0 Å². The summed E-state index contributed by atoms with van der Waals surface area (Å²) < 4.78 is 37.5. The predicted molar refractivity (Wildman–Crippen MR) is 64.2 cm³/mol. The van der Waals surface area contributed by atoms with Gasteiger partial charge in [0.05, 0.1) is 16.8 Å². The van der Waals surface area contributed by atoms with Crippen molar-refractivity contribution in [2.24, 2.45) is 0 Å². The molecule has 2 nitrogen and oxygen atoms in total. The van der Waals surface area contributed by atoms with Gasteiger partial charge in [-0.15, -0.1) is 0 Å². The van der Waals surface area contributed by atoms with Gasteiger partial charge in [-0.05, 0) is 31.0 Å². The molecule has 0 amide bonds. The van der Waals surface area contributed by atoms with Crippen LogP contribution in [0.3, 0.4) is 0 Å². The highest BCUT2D eigenvalue weighted by Gasteiger charge is 2.31. The average Bonchev–Trinajstić information content (AvgIpc) is 2.34. The SMILES string of the molecule is CCC(CC)Nc1ccc(C(F)(F)F)cc1C#N. The molecular weight excluding hydrogens is 241 g/mol. The smallest absolute Gasteiger partial charge is 0.381 e. The van der Waals surface area contributed by atoms with Crippen molar-refractivity contribution in [3.63, 3.8) is 0 Å². The van der Waals surface area contributed by atoms with Crippen LogP contribution in [0.4, 0.5) is 18.9 Å². The Balaban J connectivity index is 3.05. The number of nitrogens with zero attached hydrogens (tertiary/aromatic N) is 1. The van der Waals surface area contributed by atoms with Crippen LogP contribution in [-0.4, -0.2) is 6.04 Å². The summed E-state index contributed by atoms with van der Waals surface area (Å²) in [6.07, 6.45) is -2.72. The number of benzene rings is 1. The first-order valence-electron chi connectivity index (χ1n) is 5.80. The largest absolute Gasteiger partial charge is 0.416 e. The van der Waals surface area contributed by atoms with Gasteiger partial charge in [0, 0.05) is 6.04 Å². The number of anilines is 1. The molecule has 0 saturated heterocycles. The first-order chi connectivity index (χ1) is 8.42. The molecule has 0 aromatic heterocycles. The summed E-state index contributed by atoms with van der Waals surface area (Å²) in [6, 6.07) is 5.15.